The number of carbonyl (C=O) groups excluding carboxylic acids is 2. The van der Waals surface area contributed by atoms with Gasteiger partial charge in [-0.05, 0) is 46.5 Å². The Hall–Kier alpha value is -1.66. The van der Waals surface area contributed by atoms with Gasteiger partial charge in [0.1, 0.15) is 13.2 Å². The van der Waals surface area contributed by atoms with Gasteiger partial charge in [-0.1, -0.05) is 44.0 Å². The topological polar surface area (TPSA) is 52.6 Å². The van der Waals surface area contributed by atoms with Crippen LogP contribution in [-0.2, 0) is 24.5 Å². The molecule has 0 radical (unpaired) electrons. The molecule has 2 aromatic carbocycles. The molecule has 130 valence electrons. The van der Waals surface area contributed by atoms with Crippen LogP contribution >= 0.6 is 31.9 Å². The predicted molar refractivity (Wildman–Crippen MR) is 101 cm³/mol. The van der Waals surface area contributed by atoms with Crippen LogP contribution in [0, 0.1) is 0 Å². The van der Waals surface area contributed by atoms with Crippen LogP contribution in [0.25, 0.3) is 11.1 Å². The van der Waals surface area contributed by atoms with E-state index in [4.69, 9.17) is 9.47 Å². The van der Waals surface area contributed by atoms with Crippen molar-refractivity contribution in [3.8, 4) is 11.1 Å². The maximum absolute atomic E-state index is 11.5. The molecule has 4 nitrogen and oxygen atoms in total. The number of carbonyl (C=O) groups is 2. The summed E-state index contributed by atoms with van der Waals surface area (Å²) in [6, 6.07) is 12.0. The molecule has 0 unspecified atom stereocenters. The van der Waals surface area contributed by atoms with Crippen LogP contribution in [0.5, 0.6) is 0 Å². The zero-order valence-corrected chi connectivity index (χ0v) is 16.9. The van der Waals surface area contributed by atoms with E-state index < -0.39 is 5.41 Å². The molecule has 0 N–H and O–H groups in total. The van der Waals surface area contributed by atoms with E-state index >= 15 is 0 Å². The molecular weight excluding hydrogens is 452 g/mol. The van der Waals surface area contributed by atoms with Gasteiger partial charge in [0.25, 0.3) is 0 Å². The van der Waals surface area contributed by atoms with Crippen LogP contribution < -0.4 is 0 Å². The normalized spacial score (nSPS) is 13.8. The molecule has 0 amide bonds. The molecule has 0 aliphatic heterocycles. The van der Waals surface area contributed by atoms with Gasteiger partial charge in [0.2, 0.25) is 0 Å². The maximum Gasteiger partial charge on any atom is 0.302 e. The largest absolute Gasteiger partial charge is 0.464 e. The van der Waals surface area contributed by atoms with Gasteiger partial charge in [-0.3, -0.25) is 9.59 Å². The predicted octanol–water partition coefficient (Wildman–Crippen LogP) is 4.60. The number of halogens is 2. The van der Waals surface area contributed by atoms with Crippen LogP contribution in [-0.4, -0.2) is 25.2 Å². The molecule has 6 heteroatoms. The SMILES string of the molecule is CC(=O)OCC1(COC(C)=O)c2cc(Br)ccc2-c2ccc(Br)cc21. The van der Waals surface area contributed by atoms with E-state index in [-0.39, 0.29) is 25.2 Å². The smallest absolute Gasteiger partial charge is 0.302 e. The second kappa shape index (κ2) is 6.92. The molecule has 0 aromatic heterocycles. The molecule has 3 rings (SSSR count). The summed E-state index contributed by atoms with van der Waals surface area (Å²) >= 11 is 7.02. The summed E-state index contributed by atoms with van der Waals surface area (Å²) in [6.07, 6.45) is 0. The molecule has 0 fully saturated rings. The third-order valence-corrected chi connectivity index (χ3v) is 5.31. The molecule has 2 aromatic rings. The van der Waals surface area contributed by atoms with E-state index in [1.807, 2.05) is 36.4 Å². The second-order valence-electron chi connectivity index (χ2n) is 6.02. The number of esters is 2. The Bertz CT molecular complexity index is 789. The van der Waals surface area contributed by atoms with Crippen LogP contribution in [0.4, 0.5) is 0 Å². The van der Waals surface area contributed by atoms with Gasteiger partial charge >= 0.3 is 11.9 Å². The summed E-state index contributed by atoms with van der Waals surface area (Å²) in [4.78, 5) is 23.0. The van der Waals surface area contributed by atoms with Gasteiger partial charge < -0.3 is 9.47 Å². The van der Waals surface area contributed by atoms with E-state index in [1.54, 1.807) is 0 Å². The standard InChI is InChI=1S/C19H16Br2O4/c1-11(22)24-9-19(10-25-12(2)23)17-7-13(20)3-5-15(17)16-6-4-14(21)8-18(16)19/h3-8H,9-10H2,1-2H3. The van der Waals surface area contributed by atoms with Gasteiger partial charge in [-0.25, -0.2) is 0 Å². The first-order valence-electron chi connectivity index (χ1n) is 7.70. The lowest BCUT2D eigenvalue weighted by molar-refractivity contribution is -0.146. The molecule has 0 saturated carbocycles. The Morgan fingerprint density at radius 1 is 0.840 bits per heavy atom. The fourth-order valence-electron chi connectivity index (χ4n) is 3.24. The number of ether oxygens (including phenoxy) is 2. The molecular formula is C19H16Br2O4. The second-order valence-corrected chi connectivity index (χ2v) is 7.85. The van der Waals surface area contributed by atoms with Gasteiger partial charge in [0.05, 0.1) is 5.41 Å². The lowest BCUT2D eigenvalue weighted by Gasteiger charge is -2.31. The lowest BCUT2D eigenvalue weighted by atomic mass is 9.79. The quantitative estimate of drug-likeness (QED) is 0.616. The van der Waals surface area contributed by atoms with Crippen molar-refractivity contribution in [1.29, 1.82) is 0 Å². The van der Waals surface area contributed by atoms with Gasteiger partial charge in [0.15, 0.2) is 0 Å². The monoisotopic (exact) mass is 466 g/mol. The van der Waals surface area contributed by atoms with Crippen LogP contribution in [0.15, 0.2) is 45.3 Å². The summed E-state index contributed by atoms with van der Waals surface area (Å²) in [7, 11) is 0. The molecule has 0 heterocycles. The molecule has 0 bridgehead atoms. The van der Waals surface area contributed by atoms with Crippen molar-refractivity contribution in [2.75, 3.05) is 13.2 Å². The first-order valence-corrected chi connectivity index (χ1v) is 9.29. The van der Waals surface area contributed by atoms with Crippen molar-refractivity contribution in [1.82, 2.24) is 0 Å². The van der Waals surface area contributed by atoms with Crippen LogP contribution in [0.2, 0.25) is 0 Å². The van der Waals surface area contributed by atoms with E-state index in [2.05, 4.69) is 31.9 Å². The average Bonchev–Trinajstić information content (AvgIpc) is 2.80. The van der Waals surface area contributed by atoms with Crippen LogP contribution in [0.1, 0.15) is 25.0 Å². The highest BCUT2D eigenvalue weighted by Gasteiger charge is 2.45. The van der Waals surface area contributed by atoms with E-state index in [1.165, 1.54) is 13.8 Å². The van der Waals surface area contributed by atoms with Crippen molar-refractivity contribution in [2.24, 2.45) is 0 Å². The van der Waals surface area contributed by atoms with Gasteiger partial charge in [-0.2, -0.15) is 0 Å². The minimum atomic E-state index is -0.741. The molecule has 0 spiro atoms. The van der Waals surface area contributed by atoms with E-state index in [0.717, 1.165) is 31.2 Å². The van der Waals surface area contributed by atoms with E-state index in [0.29, 0.717) is 0 Å². The highest BCUT2D eigenvalue weighted by molar-refractivity contribution is 9.10. The van der Waals surface area contributed by atoms with Crippen molar-refractivity contribution in [3.63, 3.8) is 0 Å². The van der Waals surface area contributed by atoms with E-state index in [9.17, 15) is 9.59 Å². The summed E-state index contributed by atoms with van der Waals surface area (Å²) < 4.78 is 12.6. The Morgan fingerprint density at radius 3 is 1.60 bits per heavy atom. The highest BCUT2D eigenvalue weighted by atomic mass is 79.9. The number of rotatable bonds is 4. The first kappa shape index (κ1) is 18.1. The first-order chi connectivity index (χ1) is 11.8. The number of benzene rings is 2. The Morgan fingerprint density at radius 2 is 1.24 bits per heavy atom. The minimum Gasteiger partial charge on any atom is -0.464 e. The molecule has 25 heavy (non-hydrogen) atoms. The molecule has 0 saturated heterocycles. The Labute approximate surface area is 162 Å². The van der Waals surface area contributed by atoms with Crippen molar-refractivity contribution >= 4 is 43.8 Å². The number of hydrogen-bond acceptors (Lipinski definition) is 4. The summed E-state index contributed by atoms with van der Waals surface area (Å²) in [6.45, 7) is 2.95. The summed E-state index contributed by atoms with van der Waals surface area (Å²) in [5.41, 5.74) is 3.29. The summed E-state index contributed by atoms with van der Waals surface area (Å²) in [5, 5.41) is 0. The number of fused-ring (bicyclic) bond motifs is 3. The highest BCUT2D eigenvalue weighted by Crippen LogP contribution is 2.50. The zero-order chi connectivity index (χ0) is 18.2. The molecule has 0 atom stereocenters. The maximum atomic E-state index is 11.5. The minimum absolute atomic E-state index is 0.0997. The third kappa shape index (κ3) is 3.37. The summed E-state index contributed by atoms with van der Waals surface area (Å²) in [5.74, 6) is -0.746. The zero-order valence-electron chi connectivity index (χ0n) is 13.8. The van der Waals surface area contributed by atoms with Crippen molar-refractivity contribution < 1.29 is 19.1 Å². The average molecular weight is 468 g/mol. The lowest BCUT2D eigenvalue weighted by Crippen LogP contribution is -2.38. The van der Waals surface area contributed by atoms with Gasteiger partial charge in [0, 0.05) is 22.8 Å². The molecule has 1 aliphatic rings. The molecule has 1 aliphatic carbocycles. The Kier molecular flexibility index (Phi) is 5.02. The van der Waals surface area contributed by atoms with Crippen LogP contribution in [0.3, 0.4) is 0 Å². The third-order valence-electron chi connectivity index (χ3n) is 4.33. The fourth-order valence-corrected chi connectivity index (χ4v) is 3.96. The Balaban J connectivity index is 2.23. The van der Waals surface area contributed by atoms with Crippen molar-refractivity contribution in [3.05, 3.63) is 56.5 Å². The van der Waals surface area contributed by atoms with Gasteiger partial charge in [-0.15, -0.1) is 0 Å². The fraction of sp³-hybridized carbons (Fsp3) is 0.263. The van der Waals surface area contributed by atoms with Crippen molar-refractivity contribution in [2.45, 2.75) is 19.3 Å². The number of hydrogen-bond donors (Lipinski definition) is 0.